The summed E-state index contributed by atoms with van der Waals surface area (Å²) >= 11 is 5.55. The number of nitro groups is 1. The number of carboxylic acids is 1. The second-order valence-electron chi connectivity index (χ2n) is 3.14. The number of hydrogen-bond donors (Lipinski definition) is 1. The van der Waals surface area contributed by atoms with Gasteiger partial charge in [0.1, 0.15) is 5.02 Å². The summed E-state index contributed by atoms with van der Waals surface area (Å²) in [5, 5.41) is 18.7. The molecule has 0 aliphatic heterocycles. The van der Waals surface area contributed by atoms with E-state index in [1.54, 1.807) is 0 Å². The van der Waals surface area contributed by atoms with Crippen molar-refractivity contribution in [1.29, 1.82) is 0 Å². The minimum absolute atomic E-state index is 0.512. The number of nitro benzene ring substituents is 1. The lowest BCUT2D eigenvalue weighted by molar-refractivity contribution is -0.384. The fourth-order valence-corrected chi connectivity index (χ4v) is 2.48. The van der Waals surface area contributed by atoms with Crippen molar-refractivity contribution in [1.82, 2.24) is 0 Å². The van der Waals surface area contributed by atoms with Crippen LogP contribution >= 0.6 is 11.6 Å². The normalized spacial score (nSPS) is 11.2. The lowest BCUT2D eigenvalue weighted by Gasteiger charge is -2.04. The average Bonchev–Trinajstić information content (AvgIpc) is 2.15. The van der Waals surface area contributed by atoms with Crippen LogP contribution in [0.1, 0.15) is 10.4 Å². The molecule has 0 saturated heterocycles. The van der Waals surface area contributed by atoms with Crippen molar-refractivity contribution < 1.29 is 23.2 Å². The van der Waals surface area contributed by atoms with Crippen LogP contribution in [-0.2, 0) is 9.84 Å². The Labute approximate surface area is 101 Å². The first kappa shape index (κ1) is 13.4. The highest BCUT2D eigenvalue weighted by atomic mass is 35.5. The Morgan fingerprint density at radius 3 is 2.35 bits per heavy atom. The third kappa shape index (κ3) is 2.71. The van der Waals surface area contributed by atoms with Crippen molar-refractivity contribution >= 4 is 33.1 Å². The van der Waals surface area contributed by atoms with Gasteiger partial charge in [-0.3, -0.25) is 10.1 Å². The molecule has 17 heavy (non-hydrogen) atoms. The van der Waals surface area contributed by atoms with Gasteiger partial charge in [0.25, 0.3) is 5.69 Å². The van der Waals surface area contributed by atoms with E-state index in [4.69, 9.17) is 16.7 Å². The van der Waals surface area contributed by atoms with Gasteiger partial charge in [-0.25, -0.2) is 13.2 Å². The lowest BCUT2D eigenvalue weighted by atomic mass is 10.2. The maximum Gasteiger partial charge on any atom is 0.335 e. The first-order valence-electron chi connectivity index (χ1n) is 4.06. The molecular weight excluding hydrogens is 274 g/mol. The first-order chi connectivity index (χ1) is 7.64. The highest BCUT2D eigenvalue weighted by molar-refractivity contribution is 7.90. The van der Waals surface area contributed by atoms with Gasteiger partial charge < -0.3 is 5.11 Å². The second kappa shape index (κ2) is 4.30. The van der Waals surface area contributed by atoms with Crippen molar-refractivity contribution in [3.63, 3.8) is 0 Å². The van der Waals surface area contributed by atoms with E-state index in [1.165, 1.54) is 0 Å². The zero-order valence-corrected chi connectivity index (χ0v) is 9.95. The van der Waals surface area contributed by atoms with Crippen molar-refractivity contribution in [3.8, 4) is 0 Å². The van der Waals surface area contributed by atoms with Crippen LogP contribution in [0.3, 0.4) is 0 Å². The van der Waals surface area contributed by atoms with Gasteiger partial charge in [0, 0.05) is 12.3 Å². The van der Waals surface area contributed by atoms with Gasteiger partial charge in [0.15, 0.2) is 9.84 Å². The molecule has 0 aromatic heterocycles. The predicted molar refractivity (Wildman–Crippen MR) is 58.2 cm³/mol. The summed E-state index contributed by atoms with van der Waals surface area (Å²) < 4.78 is 22.6. The van der Waals surface area contributed by atoms with Gasteiger partial charge >= 0.3 is 5.97 Å². The molecule has 0 amide bonds. The Kier molecular flexibility index (Phi) is 3.39. The monoisotopic (exact) mass is 279 g/mol. The number of halogens is 1. The number of carboxylic acid groups (broad SMARTS) is 1. The number of rotatable bonds is 3. The Morgan fingerprint density at radius 1 is 1.47 bits per heavy atom. The van der Waals surface area contributed by atoms with Crippen LogP contribution in [0.5, 0.6) is 0 Å². The summed E-state index contributed by atoms with van der Waals surface area (Å²) in [5.41, 5.74) is -1.27. The minimum atomic E-state index is -3.85. The van der Waals surface area contributed by atoms with E-state index in [0.717, 1.165) is 12.3 Å². The minimum Gasteiger partial charge on any atom is -0.478 e. The quantitative estimate of drug-likeness (QED) is 0.659. The predicted octanol–water partition coefficient (Wildman–Crippen LogP) is 1.35. The molecule has 0 aliphatic rings. The Balaban J connectivity index is 3.73. The highest BCUT2D eigenvalue weighted by Gasteiger charge is 2.25. The summed E-state index contributed by atoms with van der Waals surface area (Å²) in [4.78, 5) is 19.8. The molecule has 0 spiro atoms. The number of sulfone groups is 1. The molecule has 1 aromatic carbocycles. The Bertz CT molecular complexity index is 609. The molecule has 1 aromatic rings. The van der Waals surface area contributed by atoms with E-state index in [-0.39, 0.29) is 0 Å². The average molecular weight is 280 g/mol. The number of aromatic carboxylic acids is 1. The summed E-state index contributed by atoms with van der Waals surface area (Å²) in [7, 11) is -3.85. The standard InChI is InChI=1S/C8H6ClNO6S/c1-17(15,16)6-3-4(8(11)12)2-5(7(6)9)10(13)14/h2-3H,1H3,(H,11,12). The molecule has 1 rings (SSSR count). The molecule has 92 valence electrons. The number of benzene rings is 1. The largest absolute Gasteiger partial charge is 0.478 e. The Hall–Kier alpha value is -1.67. The number of carbonyl (C=O) groups is 1. The molecule has 0 radical (unpaired) electrons. The topological polar surface area (TPSA) is 115 Å². The van der Waals surface area contributed by atoms with E-state index < -0.39 is 41.9 Å². The van der Waals surface area contributed by atoms with Crippen molar-refractivity contribution in [2.75, 3.05) is 6.26 Å². The molecule has 9 heteroatoms. The van der Waals surface area contributed by atoms with Gasteiger partial charge in [-0.1, -0.05) is 11.6 Å². The van der Waals surface area contributed by atoms with E-state index in [0.29, 0.717) is 6.07 Å². The first-order valence-corrected chi connectivity index (χ1v) is 6.33. The maximum atomic E-state index is 11.3. The molecule has 0 aliphatic carbocycles. The second-order valence-corrected chi connectivity index (χ2v) is 5.50. The zero-order chi connectivity index (χ0) is 13.4. The van der Waals surface area contributed by atoms with Crippen LogP contribution in [0.15, 0.2) is 17.0 Å². The third-order valence-corrected chi connectivity index (χ3v) is 3.49. The molecule has 0 saturated carbocycles. The SMILES string of the molecule is CS(=O)(=O)c1cc(C(=O)O)cc([N+](=O)[O-])c1Cl. The van der Waals surface area contributed by atoms with Gasteiger partial charge in [-0.05, 0) is 6.07 Å². The van der Waals surface area contributed by atoms with Gasteiger partial charge in [0.05, 0.1) is 15.4 Å². The van der Waals surface area contributed by atoms with Crippen LogP contribution in [0.4, 0.5) is 5.69 Å². The molecule has 0 atom stereocenters. The summed E-state index contributed by atoms with van der Waals surface area (Å²) in [5.74, 6) is -1.48. The van der Waals surface area contributed by atoms with Crippen molar-refractivity contribution in [3.05, 3.63) is 32.8 Å². The molecule has 0 unspecified atom stereocenters. The molecule has 7 nitrogen and oxygen atoms in total. The van der Waals surface area contributed by atoms with E-state index >= 15 is 0 Å². The fraction of sp³-hybridized carbons (Fsp3) is 0.125. The van der Waals surface area contributed by atoms with Gasteiger partial charge in [-0.2, -0.15) is 0 Å². The number of nitrogens with zero attached hydrogens (tertiary/aromatic N) is 1. The van der Waals surface area contributed by atoms with Crippen LogP contribution in [0.2, 0.25) is 5.02 Å². The maximum absolute atomic E-state index is 11.3. The molecule has 0 heterocycles. The van der Waals surface area contributed by atoms with Crippen LogP contribution in [0, 0.1) is 10.1 Å². The van der Waals surface area contributed by atoms with Crippen LogP contribution < -0.4 is 0 Å². The smallest absolute Gasteiger partial charge is 0.335 e. The zero-order valence-electron chi connectivity index (χ0n) is 8.38. The van der Waals surface area contributed by atoms with Crippen molar-refractivity contribution in [2.45, 2.75) is 4.90 Å². The molecular formula is C8H6ClNO6S. The molecule has 0 fully saturated rings. The summed E-state index contributed by atoms with van der Waals surface area (Å²) in [6, 6.07) is 1.49. The molecule has 1 N–H and O–H groups in total. The van der Waals surface area contributed by atoms with E-state index in [1.807, 2.05) is 0 Å². The lowest BCUT2D eigenvalue weighted by Crippen LogP contribution is -2.05. The van der Waals surface area contributed by atoms with E-state index in [2.05, 4.69) is 0 Å². The van der Waals surface area contributed by atoms with Crippen LogP contribution in [0.25, 0.3) is 0 Å². The summed E-state index contributed by atoms with van der Waals surface area (Å²) in [6.45, 7) is 0. The summed E-state index contributed by atoms with van der Waals surface area (Å²) in [6.07, 6.45) is 0.781. The Morgan fingerprint density at radius 2 is 2.00 bits per heavy atom. The van der Waals surface area contributed by atoms with Crippen molar-refractivity contribution in [2.24, 2.45) is 0 Å². The van der Waals surface area contributed by atoms with Gasteiger partial charge in [-0.15, -0.1) is 0 Å². The third-order valence-electron chi connectivity index (χ3n) is 1.86. The number of hydrogen-bond acceptors (Lipinski definition) is 5. The highest BCUT2D eigenvalue weighted by Crippen LogP contribution is 2.32. The van der Waals surface area contributed by atoms with E-state index in [9.17, 15) is 23.3 Å². The van der Waals surface area contributed by atoms with Crippen LogP contribution in [-0.4, -0.2) is 30.7 Å². The molecule has 0 bridgehead atoms. The fourth-order valence-electron chi connectivity index (χ4n) is 1.11. The van der Waals surface area contributed by atoms with Gasteiger partial charge in [0.2, 0.25) is 0 Å².